The maximum absolute atomic E-state index is 13.9. The van der Waals surface area contributed by atoms with Crippen molar-refractivity contribution in [1.29, 1.82) is 0 Å². The van der Waals surface area contributed by atoms with E-state index in [1.807, 2.05) is 25.1 Å². The largest absolute Gasteiger partial charge is 0.372 e. The summed E-state index contributed by atoms with van der Waals surface area (Å²) in [7, 11) is 7.93. The van der Waals surface area contributed by atoms with E-state index in [2.05, 4.69) is 24.3 Å². The van der Waals surface area contributed by atoms with Gasteiger partial charge in [-0.05, 0) is 45.7 Å². The molecule has 0 aliphatic rings. The summed E-state index contributed by atoms with van der Waals surface area (Å²) in [6.45, 7) is 2.56. The Kier molecular flexibility index (Phi) is 6.09. The molecule has 0 saturated heterocycles. The number of hydrogen-bond acceptors (Lipinski definition) is 3. The highest BCUT2D eigenvalue weighted by Gasteiger charge is 2.12. The molecular weight excluding hydrogens is 229 g/mol. The van der Waals surface area contributed by atoms with Gasteiger partial charge in [-0.1, -0.05) is 12.1 Å². The minimum absolute atomic E-state index is 0.143. The second kappa shape index (κ2) is 7.34. The molecule has 1 aromatic rings. The molecular formula is C14H24FN3. The number of anilines is 1. The van der Waals surface area contributed by atoms with Crippen LogP contribution in [0, 0.1) is 5.82 Å². The van der Waals surface area contributed by atoms with Gasteiger partial charge in [0.2, 0.25) is 0 Å². The standard InChI is InChI=1S/C14H24FN3/c1-16-11-12-7-5-8-13(15)14(12)18(4)10-6-9-17(2)3/h5,7-8,16H,6,9-11H2,1-4H3. The molecule has 0 fully saturated rings. The molecule has 0 atom stereocenters. The van der Waals surface area contributed by atoms with E-state index in [-0.39, 0.29) is 5.82 Å². The molecule has 0 spiro atoms. The van der Waals surface area contributed by atoms with Gasteiger partial charge in [0.25, 0.3) is 0 Å². The van der Waals surface area contributed by atoms with Crippen LogP contribution in [0.4, 0.5) is 10.1 Å². The van der Waals surface area contributed by atoms with E-state index in [1.165, 1.54) is 6.07 Å². The highest BCUT2D eigenvalue weighted by molar-refractivity contribution is 5.54. The monoisotopic (exact) mass is 253 g/mol. The van der Waals surface area contributed by atoms with Crippen molar-refractivity contribution in [2.45, 2.75) is 13.0 Å². The molecule has 1 N–H and O–H groups in total. The maximum atomic E-state index is 13.9. The topological polar surface area (TPSA) is 18.5 Å². The second-order valence-electron chi connectivity index (χ2n) is 4.86. The first-order valence-electron chi connectivity index (χ1n) is 6.34. The quantitative estimate of drug-likeness (QED) is 0.801. The molecule has 0 aliphatic heterocycles. The van der Waals surface area contributed by atoms with Crippen molar-refractivity contribution < 1.29 is 4.39 Å². The fraction of sp³-hybridized carbons (Fsp3) is 0.571. The molecule has 0 heterocycles. The SMILES string of the molecule is CNCc1cccc(F)c1N(C)CCCN(C)C. The average molecular weight is 253 g/mol. The minimum atomic E-state index is -0.143. The van der Waals surface area contributed by atoms with Gasteiger partial charge in [0.1, 0.15) is 5.82 Å². The lowest BCUT2D eigenvalue weighted by molar-refractivity contribution is 0.401. The van der Waals surface area contributed by atoms with Crippen molar-refractivity contribution in [1.82, 2.24) is 10.2 Å². The van der Waals surface area contributed by atoms with Crippen LogP contribution in [0.3, 0.4) is 0 Å². The van der Waals surface area contributed by atoms with Crippen LogP contribution in [-0.4, -0.2) is 46.2 Å². The first-order valence-corrected chi connectivity index (χ1v) is 6.34. The third-order valence-corrected chi connectivity index (χ3v) is 2.92. The lowest BCUT2D eigenvalue weighted by Crippen LogP contribution is -2.25. The van der Waals surface area contributed by atoms with Crippen LogP contribution in [-0.2, 0) is 6.54 Å². The Morgan fingerprint density at radius 2 is 1.89 bits per heavy atom. The predicted octanol–water partition coefficient (Wildman–Crippen LogP) is 1.93. The molecule has 18 heavy (non-hydrogen) atoms. The number of hydrogen-bond donors (Lipinski definition) is 1. The molecule has 3 nitrogen and oxygen atoms in total. The van der Waals surface area contributed by atoms with Gasteiger partial charge in [0.15, 0.2) is 0 Å². The van der Waals surface area contributed by atoms with Gasteiger partial charge in [-0.2, -0.15) is 0 Å². The van der Waals surface area contributed by atoms with Crippen molar-refractivity contribution in [3.8, 4) is 0 Å². The maximum Gasteiger partial charge on any atom is 0.146 e. The zero-order chi connectivity index (χ0) is 13.5. The third-order valence-electron chi connectivity index (χ3n) is 2.92. The summed E-state index contributed by atoms with van der Waals surface area (Å²) >= 11 is 0. The first kappa shape index (κ1) is 14.9. The van der Waals surface area contributed by atoms with E-state index < -0.39 is 0 Å². The Bertz CT molecular complexity index is 366. The van der Waals surface area contributed by atoms with E-state index in [4.69, 9.17) is 0 Å². The number of halogens is 1. The average Bonchev–Trinajstić information content (AvgIpc) is 2.28. The molecule has 0 radical (unpaired) electrons. The zero-order valence-electron chi connectivity index (χ0n) is 11.8. The Morgan fingerprint density at radius 3 is 2.50 bits per heavy atom. The van der Waals surface area contributed by atoms with Gasteiger partial charge >= 0.3 is 0 Å². The molecule has 1 aromatic carbocycles. The molecule has 0 aromatic heterocycles. The van der Waals surface area contributed by atoms with Gasteiger partial charge in [0, 0.05) is 20.1 Å². The van der Waals surface area contributed by atoms with Gasteiger partial charge in [-0.3, -0.25) is 0 Å². The Morgan fingerprint density at radius 1 is 1.17 bits per heavy atom. The summed E-state index contributed by atoms with van der Waals surface area (Å²) in [4.78, 5) is 4.15. The van der Waals surface area contributed by atoms with Crippen LogP contribution in [0.15, 0.2) is 18.2 Å². The third kappa shape index (κ3) is 4.27. The van der Waals surface area contributed by atoms with Crippen LogP contribution < -0.4 is 10.2 Å². The van der Waals surface area contributed by atoms with Crippen LogP contribution in [0.2, 0.25) is 0 Å². The number of rotatable bonds is 7. The van der Waals surface area contributed by atoms with Crippen molar-refractivity contribution in [2.75, 3.05) is 46.2 Å². The first-order chi connectivity index (χ1) is 8.56. The minimum Gasteiger partial charge on any atom is -0.372 e. The number of benzene rings is 1. The van der Waals surface area contributed by atoms with Crippen molar-refractivity contribution >= 4 is 5.69 Å². The van der Waals surface area contributed by atoms with Crippen molar-refractivity contribution in [3.05, 3.63) is 29.6 Å². The Balaban J connectivity index is 2.73. The molecule has 0 unspecified atom stereocenters. The van der Waals surface area contributed by atoms with E-state index in [0.717, 1.165) is 25.1 Å². The highest BCUT2D eigenvalue weighted by atomic mass is 19.1. The summed E-state index contributed by atoms with van der Waals surface area (Å²) in [6.07, 6.45) is 1.02. The van der Waals surface area contributed by atoms with E-state index >= 15 is 0 Å². The van der Waals surface area contributed by atoms with Gasteiger partial charge in [0.05, 0.1) is 5.69 Å². The molecule has 0 bridgehead atoms. The highest BCUT2D eigenvalue weighted by Crippen LogP contribution is 2.23. The fourth-order valence-electron chi connectivity index (χ4n) is 2.06. The van der Waals surface area contributed by atoms with Crippen molar-refractivity contribution in [3.63, 3.8) is 0 Å². The summed E-state index contributed by atoms with van der Waals surface area (Å²) in [6, 6.07) is 5.26. The van der Waals surface area contributed by atoms with E-state index in [9.17, 15) is 4.39 Å². The van der Waals surface area contributed by atoms with Gasteiger partial charge in [-0.15, -0.1) is 0 Å². The van der Waals surface area contributed by atoms with Crippen LogP contribution in [0.25, 0.3) is 0 Å². The predicted molar refractivity (Wildman–Crippen MR) is 75.6 cm³/mol. The Labute approximate surface area is 110 Å². The molecule has 0 saturated carbocycles. The van der Waals surface area contributed by atoms with E-state index in [1.54, 1.807) is 6.07 Å². The van der Waals surface area contributed by atoms with Crippen molar-refractivity contribution in [2.24, 2.45) is 0 Å². The molecule has 1 rings (SSSR count). The summed E-state index contributed by atoms with van der Waals surface area (Å²) in [5.74, 6) is -0.143. The van der Waals surface area contributed by atoms with Crippen LogP contribution >= 0.6 is 0 Å². The van der Waals surface area contributed by atoms with Gasteiger partial charge in [-0.25, -0.2) is 4.39 Å². The molecule has 0 amide bonds. The molecule has 102 valence electrons. The van der Waals surface area contributed by atoms with Crippen LogP contribution in [0.1, 0.15) is 12.0 Å². The fourth-order valence-corrected chi connectivity index (χ4v) is 2.06. The Hall–Kier alpha value is -1.13. The lowest BCUT2D eigenvalue weighted by Gasteiger charge is -2.23. The van der Waals surface area contributed by atoms with E-state index in [0.29, 0.717) is 12.2 Å². The molecule has 0 aliphatic carbocycles. The molecule has 4 heteroatoms. The van der Waals surface area contributed by atoms with Gasteiger partial charge < -0.3 is 15.1 Å². The lowest BCUT2D eigenvalue weighted by atomic mass is 10.1. The smallest absolute Gasteiger partial charge is 0.146 e. The summed E-state index contributed by atoms with van der Waals surface area (Å²) in [5, 5.41) is 3.08. The number of para-hydroxylation sites is 1. The number of nitrogens with zero attached hydrogens (tertiary/aromatic N) is 2. The van der Waals surface area contributed by atoms with Crippen LogP contribution in [0.5, 0.6) is 0 Å². The number of nitrogens with one attached hydrogen (secondary N) is 1. The summed E-state index contributed by atoms with van der Waals surface area (Å²) < 4.78 is 13.9. The normalized spacial score (nSPS) is 11.0. The second-order valence-corrected chi connectivity index (χ2v) is 4.86. The summed E-state index contributed by atoms with van der Waals surface area (Å²) in [5.41, 5.74) is 1.72. The zero-order valence-corrected chi connectivity index (χ0v) is 11.8.